The quantitative estimate of drug-likeness (QED) is 0.807. The molecule has 0 aliphatic rings. The Balaban J connectivity index is 2.34. The average molecular weight is 330 g/mol. The molecule has 0 unspecified atom stereocenters. The van der Waals surface area contributed by atoms with Gasteiger partial charge in [0.05, 0.1) is 0 Å². The number of nitrogens with zero attached hydrogens (tertiary/aromatic N) is 7. The summed E-state index contributed by atoms with van der Waals surface area (Å²) in [5.74, 6) is 2.83. The predicted octanol–water partition coefficient (Wildman–Crippen LogP) is 1.04. The van der Waals surface area contributed by atoms with Gasteiger partial charge in [0, 0.05) is 53.5 Å². The highest BCUT2D eigenvalue weighted by Gasteiger charge is 2.11. The van der Waals surface area contributed by atoms with Crippen molar-refractivity contribution >= 4 is 17.6 Å². The zero-order valence-electron chi connectivity index (χ0n) is 15.3. The maximum atomic E-state index is 4.61. The lowest BCUT2D eigenvalue weighted by Crippen LogP contribution is -2.21. The smallest absolute Gasteiger partial charge is 0.225 e. The van der Waals surface area contributed by atoms with E-state index in [4.69, 9.17) is 0 Å². The van der Waals surface area contributed by atoms with Gasteiger partial charge in [-0.3, -0.25) is 0 Å². The lowest BCUT2D eigenvalue weighted by atomic mass is 10.3. The highest BCUT2D eigenvalue weighted by atomic mass is 15.2. The number of rotatable bonds is 7. The minimum Gasteiger partial charge on any atom is -0.369 e. The van der Waals surface area contributed by atoms with Gasteiger partial charge < -0.3 is 20.0 Å². The summed E-state index contributed by atoms with van der Waals surface area (Å²) in [7, 11) is 11.8. The molecule has 24 heavy (non-hydrogen) atoms. The fourth-order valence-electron chi connectivity index (χ4n) is 1.96. The van der Waals surface area contributed by atoms with Crippen LogP contribution in [0.5, 0.6) is 0 Å². The molecule has 2 aromatic heterocycles. The van der Waals surface area contributed by atoms with Crippen LogP contribution in [-0.2, 0) is 0 Å². The number of likely N-dealkylation sites (N-methyl/N-ethyl adjacent to an activating group) is 1. The fraction of sp³-hybridized carbons (Fsp3) is 0.500. The maximum absolute atomic E-state index is 4.61. The average Bonchev–Trinajstić information content (AvgIpc) is 2.54. The summed E-state index contributed by atoms with van der Waals surface area (Å²) < 4.78 is 0. The van der Waals surface area contributed by atoms with E-state index in [1.165, 1.54) is 0 Å². The molecular weight excluding hydrogens is 304 g/mol. The van der Waals surface area contributed by atoms with Crippen LogP contribution in [0.15, 0.2) is 18.3 Å². The zero-order chi connectivity index (χ0) is 17.7. The van der Waals surface area contributed by atoms with Crippen LogP contribution in [0.2, 0.25) is 0 Å². The number of hydrogen-bond donors (Lipinski definition) is 1. The first-order chi connectivity index (χ1) is 11.4. The van der Waals surface area contributed by atoms with E-state index in [1.54, 1.807) is 6.20 Å². The van der Waals surface area contributed by atoms with Crippen LogP contribution in [0, 0.1) is 0 Å². The van der Waals surface area contributed by atoms with Crippen molar-refractivity contribution < 1.29 is 0 Å². The molecule has 0 atom stereocenters. The van der Waals surface area contributed by atoms with Gasteiger partial charge >= 0.3 is 0 Å². The van der Waals surface area contributed by atoms with Gasteiger partial charge in [0.15, 0.2) is 5.82 Å². The second-order valence-corrected chi connectivity index (χ2v) is 6.20. The van der Waals surface area contributed by atoms with Crippen molar-refractivity contribution in [1.29, 1.82) is 0 Å². The Morgan fingerprint density at radius 1 is 0.958 bits per heavy atom. The van der Waals surface area contributed by atoms with E-state index < -0.39 is 0 Å². The van der Waals surface area contributed by atoms with Gasteiger partial charge in [-0.1, -0.05) is 0 Å². The largest absolute Gasteiger partial charge is 0.369 e. The molecule has 0 spiro atoms. The number of nitrogens with one attached hydrogen (secondary N) is 1. The van der Waals surface area contributed by atoms with E-state index in [-0.39, 0.29) is 0 Å². The summed E-state index contributed by atoms with van der Waals surface area (Å²) in [4.78, 5) is 23.9. The molecule has 0 aliphatic heterocycles. The molecule has 8 heteroatoms. The Labute approximate surface area is 143 Å². The normalized spacial score (nSPS) is 10.8. The lowest BCUT2D eigenvalue weighted by Gasteiger charge is -2.16. The first-order valence-electron chi connectivity index (χ1n) is 7.82. The van der Waals surface area contributed by atoms with Crippen molar-refractivity contribution in [3.05, 3.63) is 18.3 Å². The molecule has 0 aromatic carbocycles. The molecule has 0 amide bonds. The van der Waals surface area contributed by atoms with Gasteiger partial charge in [-0.25, -0.2) is 19.9 Å². The third kappa shape index (κ3) is 4.76. The van der Waals surface area contributed by atoms with Crippen molar-refractivity contribution in [2.45, 2.75) is 0 Å². The minimum atomic E-state index is 0.582. The SMILES string of the molecule is CN(C)CCNc1cc(N(C)C)nc(-c2ccnc(N(C)C)n2)n1. The predicted molar refractivity (Wildman–Crippen MR) is 98.8 cm³/mol. The van der Waals surface area contributed by atoms with Gasteiger partial charge in [0.25, 0.3) is 0 Å². The molecule has 0 bridgehead atoms. The standard InChI is InChI=1S/C16H26N8/c1-22(2)10-9-17-13-11-14(23(3)4)21-15(20-13)12-7-8-18-16(19-12)24(5)6/h7-8,11H,9-10H2,1-6H3,(H,17,20,21). The number of anilines is 3. The summed E-state index contributed by atoms with van der Waals surface area (Å²) in [5.41, 5.74) is 0.702. The minimum absolute atomic E-state index is 0.582. The van der Waals surface area contributed by atoms with E-state index in [1.807, 2.05) is 64.2 Å². The second kappa shape index (κ2) is 7.87. The van der Waals surface area contributed by atoms with Crippen LogP contribution in [0.4, 0.5) is 17.6 Å². The molecule has 2 heterocycles. The van der Waals surface area contributed by atoms with Crippen molar-refractivity contribution in [3.63, 3.8) is 0 Å². The highest BCUT2D eigenvalue weighted by Crippen LogP contribution is 2.21. The van der Waals surface area contributed by atoms with E-state index in [0.717, 1.165) is 24.7 Å². The van der Waals surface area contributed by atoms with Crippen LogP contribution in [0.1, 0.15) is 0 Å². The maximum Gasteiger partial charge on any atom is 0.225 e. The third-order valence-corrected chi connectivity index (χ3v) is 3.31. The Bertz CT molecular complexity index is 669. The Morgan fingerprint density at radius 3 is 2.33 bits per heavy atom. The molecule has 2 rings (SSSR count). The number of aromatic nitrogens is 4. The topological polar surface area (TPSA) is 73.3 Å². The zero-order valence-corrected chi connectivity index (χ0v) is 15.3. The van der Waals surface area contributed by atoms with Crippen LogP contribution in [0.25, 0.3) is 11.5 Å². The third-order valence-electron chi connectivity index (χ3n) is 3.31. The Kier molecular flexibility index (Phi) is 5.86. The first-order valence-corrected chi connectivity index (χ1v) is 7.82. The molecule has 2 aromatic rings. The molecule has 0 saturated carbocycles. The molecule has 0 aliphatic carbocycles. The highest BCUT2D eigenvalue weighted by molar-refractivity contribution is 5.59. The molecule has 0 saturated heterocycles. The van der Waals surface area contributed by atoms with Crippen molar-refractivity contribution in [3.8, 4) is 11.5 Å². The molecule has 1 N–H and O–H groups in total. The van der Waals surface area contributed by atoms with E-state index in [2.05, 4.69) is 30.2 Å². The first kappa shape index (κ1) is 17.9. The van der Waals surface area contributed by atoms with Gasteiger partial charge in [0.1, 0.15) is 17.3 Å². The summed E-state index contributed by atoms with van der Waals surface area (Å²) in [6, 6.07) is 3.76. The monoisotopic (exact) mass is 330 g/mol. The van der Waals surface area contributed by atoms with Gasteiger partial charge in [-0.2, -0.15) is 0 Å². The lowest BCUT2D eigenvalue weighted by molar-refractivity contribution is 0.425. The van der Waals surface area contributed by atoms with Crippen LogP contribution >= 0.6 is 0 Å². The van der Waals surface area contributed by atoms with Crippen LogP contribution in [-0.4, -0.2) is 80.2 Å². The number of hydrogen-bond acceptors (Lipinski definition) is 8. The van der Waals surface area contributed by atoms with Crippen LogP contribution in [0.3, 0.4) is 0 Å². The second-order valence-electron chi connectivity index (χ2n) is 6.20. The fourth-order valence-corrected chi connectivity index (χ4v) is 1.96. The van der Waals surface area contributed by atoms with Crippen molar-refractivity contribution in [1.82, 2.24) is 24.8 Å². The Hall–Kier alpha value is -2.48. The van der Waals surface area contributed by atoms with E-state index >= 15 is 0 Å². The van der Waals surface area contributed by atoms with Crippen molar-refractivity contribution in [2.75, 3.05) is 70.5 Å². The molecule has 0 radical (unpaired) electrons. The van der Waals surface area contributed by atoms with Crippen LogP contribution < -0.4 is 15.1 Å². The van der Waals surface area contributed by atoms with Gasteiger partial charge in [0.2, 0.25) is 5.95 Å². The summed E-state index contributed by atoms with van der Waals surface area (Å²) in [6.45, 7) is 1.73. The van der Waals surface area contributed by atoms with Gasteiger partial charge in [-0.05, 0) is 20.2 Å². The van der Waals surface area contributed by atoms with E-state index in [9.17, 15) is 0 Å². The van der Waals surface area contributed by atoms with Gasteiger partial charge in [-0.15, -0.1) is 0 Å². The molecule has 130 valence electrons. The Morgan fingerprint density at radius 2 is 1.71 bits per heavy atom. The molecule has 8 nitrogen and oxygen atoms in total. The molecule has 0 fully saturated rings. The molecular formula is C16H26N8. The summed E-state index contributed by atoms with van der Waals surface area (Å²) in [6.07, 6.45) is 1.72. The van der Waals surface area contributed by atoms with E-state index in [0.29, 0.717) is 17.5 Å². The summed E-state index contributed by atoms with van der Waals surface area (Å²) in [5, 5.41) is 3.35. The van der Waals surface area contributed by atoms with Crippen molar-refractivity contribution in [2.24, 2.45) is 0 Å². The summed E-state index contributed by atoms with van der Waals surface area (Å²) >= 11 is 0.